The van der Waals surface area contributed by atoms with Gasteiger partial charge in [-0.1, -0.05) is 12.1 Å². The first-order chi connectivity index (χ1) is 12.5. The number of rotatable bonds is 4. The Kier molecular flexibility index (Phi) is 4.00. The number of amides is 1. The van der Waals surface area contributed by atoms with Crippen LogP contribution in [0.4, 0.5) is 0 Å². The Morgan fingerprint density at radius 2 is 2.15 bits per heavy atom. The summed E-state index contributed by atoms with van der Waals surface area (Å²) in [6.45, 7) is 5.82. The molecular formula is C20H23N5O. The number of hydrogen-bond donors (Lipinski definition) is 2. The van der Waals surface area contributed by atoms with Gasteiger partial charge in [-0.3, -0.25) is 9.69 Å². The molecule has 1 saturated heterocycles. The molecule has 1 atom stereocenters. The number of nitrogens with zero attached hydrogens (tertiary/aromatic N) is 3. The van der Waals surface area contributed by atoms with Crippen LogP contribution in [-0.2, 0) is 12.1 Å². The van der Waals surface area contributed by atoms with Crippen molar-refractivity contribution in [3.63, 3.8) is 0 Å². The molecule has 3 heterocycles. The summed E-state index contributed by atoms with van der Waals surface area (Å²) in [5.41, 5.74) is 8.59. The van der Waals surface area contributed by atoms with E-state index in [1.54, 1.807) is 6.07 Å². The molecule has 0 radical (unpaired) electrons. The van der Waals surface area contributed by atoms with E-state index in [0.717, 1.165) is 37.1 Å². The number of aryl methyl sites for hydroxylation is 1. The normalized spacial score (nSPS) is 20.7. The molecule has 1 amide bonds. The molecule has 0 spiro atoms. The SMILES string of the molecule is Cc1cc(C(N)=O)nc([C@]2(C)CCCN2Cc2ccc3cc[nH]c3c2)n1. The number of carbonyl (C=O) groups excluding carboxylic acids is 1. The van der Waals surface area contributed by atoms with Gasteiger partial charge in [-0.15, -0.1) is 0 Å². The average molecular weight is 349 g/mol. The van der Waals surface area contributed by atoms with Gasteiger partial charge < -0.3 is 10.7 Å². The van der Waals surface area contributed by atoms with E-state index < -0.39 is 5.91 Å². The van der Waals surface area contributed by atoms with Crippen molar-refractivity contribution in [1.29, 1.82) is 0 Å². The van der Waals surface area contributed by atoms with Crippen molar-refractivity contribution in [3.8, 4) is 0 Å². The van der Waals surface area contributed by atoms with Crippen LogP contribution in [0.25, 0.3) is 10.9 Å². The van der Waals surface area contributed by atoms with E-state index >= 15 is 0 Å². The molecular weight excluding hydrogens is 326 g/mol. The van der Waals surface area contributed by atoms with Crippen molar-refractivity contribution >= 4 is 16.8 Å². The molecule has 1 aliphatic rings. The third-order valence-electron chi connectivity index (χ3n) is 5.37. The summed E-state index contributed by atoms with van der Waals surface area (Å²) in [5.74, 6) is 0.173. The summed E-state index contributed by atoms with van der Waals surface area (Å²) in [6.07, 6.45) is 3.99. The monoisotopic (exact) mass is 349 g/mol. The number of primary amides is 1. The summed E-state index contributed by atoms with van der Waals surface area (Å²) in [5, 5.41) is 1.21. The van der Waals surface area contributed by atoms with Gasteiger partial charge in [0.05, 0.1) is 5.54 Å². The van der Waals surface area contributed by atoms with Crippen molar-refractivity contribution in [2.75, 3.05) is 6.54 Å². The molecule has 1 fully saturated rings. The Labute approximate surface area is 152 Å². The summed E-state index contributed by atoms with van der Waals surface area (Å²) >= 11 is 0. The Balaban J connectivity index is 1.67. The molecule has 2 aromatic heterocycles. The van der Waals surface area contributed by atoms with E-state index in [0.29, 0.717) is 5.82 Å². The van der Waals surface area contributed by atoms with E-state index in [1.807, 2.05) is 13.1 Å². The minimum atomic E-state index is -0.512. The van der Waals surface area contributed by atoms with Gasteiger partial charge in [0.2, 0.25) is 0 Å². The van der Waals surface area contributed by atoms with Crippen LogP contribution in [0.3, 0.4) is 0 Å². The van der Waals surface area contributed by atoms with Crippen molar-refractivity contribution in [2.45, 2.75) is 38.8 Å². The van der Waals surface area contributed by atoms with Crippen LogP contribution in [0.15, 0.2) is 36.5 Å². The molecule has 4 rings (SSSR count). The van der Waals surface area contributed by atoms with Crippen molar-refractivity contribution < 1.29 is 4.79 Å². The number of aromatic amines is 1. The minimum absolute atomic E-state index is 0.286. The standard InChI is InChI=1S/C20H23N5O/c1-13-10-17(18(21)26)24-19(23-13)20(2)7-3-9-25(20)12-14-4-5-15-6-8-22-16(15)11-14/h4-6,8,10-11,22H,3,7,9,12H2,1-2H3,(H2,21,26)/t20-/m0/s1. The van der Waals surface area contributed by atoms with Crippen LogP contribution in [0, 0.1) is 6.92 Å². The Hall–Kier alpha value is -2.73. The highest BCUT2D eigenvalue weighted by atomic mass is 16.1. The summed E-state index contributed by atoms with van der Waals surface area (Å²) in [7, 11) is 0. The minimum Gasteiger partial charge on any atom is -0.364 e. The van der Waals surface area contributed by atoms with Gasteiger partial charge in [0.25, 0.3) is 5.91 Å². The number of likely N-dealkylation sites (tertiary alicyclic amines) is 1. The highest BCUT2D eigenvalue weighted by Crippen LogP contribution is 2.38. The molecule has 0 bridgehead atoms. The molecule has 0 unspecified atom stereocenters. The highest BCUT2D eigenvalue weighted by molar-refractivity contribution is 5.90. The maximum absolute atomic E-state index is 11.6. The van der Waals surface area contributed by atoms with Gasteiger partial charge >= 0.3 is 0 Å². The van der Waals surface area contributed by atoms with Gasteiger partial charge in [-0.25, -0.2) is 9.97 Å². The quantitative estimate of drug-likeness (QED) is 0.758. The van der Waals surface area contributed by atoms with Crippen molar-refractivity contribution in [3.05, 3.63) is 59.3 Å². The number of nitrogens with one attached hydrogen (secondary N) is 1. The van der Waals surface area contributed by atoms with Crippen LogP contribution < -0.4 is 5.73 Å². The van der Waals surface area contributed by atoms with E-state index in [4.69, 9.17) is 5.73 Å². The topological polar surface area (TPSA) is 87.9 Å². The number of aromatic nitrogens is 3. The fraction of sp³-hybridized carbons (Fsp3) is 0.350. The largest absolute Gasteiger partial charge is 0.364 e. The Morgan fingerprint density at radius 3 is 2.96 bits per heavy atom. The number of nitrogens with two attached hydrogens (primary N) is 1. The van der Waals surface area contributed by atoms with Crippen LogP contribution in [-0.4, -0.2) is 32.3 Å². The van der Waals surface area contributed by atoms with Gasteiger partial charge in [0.1, 0.15) is 11.5 Å². The number of H-pyrrole nitrogens is 1. The second-order valence-corrected chi connectivity index (χ2v) is 7.28. The lowest BCUT2D eigenvalue weighted by Crippen LogP contribution is -2.40. The smallest absolute Gasteiger partial charge is 0.267 e. The number of carbonyl (C=O) groups is 1. The van der Waals surface area contributed by atoms with Gasteiger partial charge in [-0.2, -0.15) is 0 Å². The first kappa shape index (κ1) is 16.7. The molecule has 1 aromatic carbocycles. The molecule has 26 heavy (non-hydrogen) atoms. The second kappa shape index (κ2) is 6.21. The third kappa shape index (κ3) is 2.86. The fourth-order valence-corrected chi connectivity index (χ4v) is 3.88. The second-order valence-electron chi connectivity index (χ2n) is 7.28. The molecule has 6 heteroatoms. The number of fused-ring (bicyclic) bond motifs is 1. The maximum Gasteiger partial charge on any atom is 0.267 e. The van der Waals surface area contributed by atoms with Crippen LogP contribution >= 0.6 is 0 Å². The third-order valence-corrected chi connectivity index (χ3v) is 5.37. The number of benzene rings is 1. The predicted molar refractivity (Wildman–Crippen MR) is 101 cm³/mol. The lowest BCUT2D eigenvalue weighted by atomic mass is 9.96. The Morgan fingerprint density at radius 1 is 1.31 bits per heavy atom. The first-order valence-corrected chi connectivity index (χ1v) is 8.93. The molecule has 134 valence electrons. The van der Waals surface area contributed by atoms with E-state index in [9.17, 15) is 4.79 Å². The van der Waals surface area contributed by atoms with Gasteiger partial charge in [0.15, 0.2) is 0 Å². The van der Waals surface area contributed by atoms with Crippen LogP contribution in [0.1, 0.15) is 47.3 Å². The van der Waals surface area contributed by atoms with E-state index in [2.05, 4.69) is 51.0 Å². The molecule has 3 aromatic rings. The molecule has 1 aliphatic heterocycles. The van der Waals surface area contributed by atoms with Gasteiger partial charge in [0, 0.05) is 24.0 Å². The summed E-state index contributed by atoms with van der Waals surface area (Å²) in [4.78, 5) is 26.4. The lowest BCUT2D eigenvalue weighted by Gasteiger charge is -2.34. The first-order valence-electron chi connectivity index (χ1n) is 8.93. The van der Waals surface area contributed by atoms with Crippen LogP contribution in [0.5, 0.6) is 0 Å². The lowest BCUT2D eigenvalue weighted by molar-refractivity contribution is 0.0991. The van der Waals surface area contributed by atoms with Gasteiger partial charge in [-0.05, 0) is 62.4 Å². The molecule has 6 nitrogen and oxygen atoms in total. The zero-order valence-corrected chi connectivity index (χ0v) is 15.1. The summed E-state index contributed by atoms with van der Waals surface area (Å²) < 4.78 is 0. The number of hydrogen-bond acceptors (Lipinski definition) is 4. The molecule has 0 saturated carbocycles. The average Bonchev–Trinajstić information content (AvgIpc) is 3.21. The zero-order chi connectivity index (χ0) is 18.3. The summed E-state index contributed by atoms with van der Waals surface area (Å²) in [6, 6.07) is 10.2. The molecule has 3 N–H and O–H groups in total. The van der Waals surface area contributed by atoms with E-state index in [-0.39, 0.29) is 11.2 Å². The Bertz CT molecular complexity index is 979. The van der Waals surface area contributed by atoms with Crippen molar-refractivity contribution in [1.82, 2.24) is 19.9 Å². The van der Waals surface area contributed by atoms with Crippen molar-refractivity contribution in [2.24, 2.45) is 5.73 Å². The highest BCUT2D eigenvalue weighted by Gasteiger charge is 2.41. The maximum atomic E-state index is 11.6. The zero-order valence-electron chi connectivity index (χ0n) is 15.1. The van der Waals surface area contributed by atoms with Crippen LogP contribution in [0.2, 0.25) is 0 Å². The molecule has 0 aliphatic carbocycles. The fourth-order valence-electron chi connectivity index (χ4n) is 3.88. The predicted octanol–water partition coefficient (Wildman–Crippen LogP) is 2.88. The van der Waals surface area contributed by atoms with E-state index in [1.165, 1.54) is 10.9 Å².